The molecule has 0 aliphatic heterocycles. The van der Waals surface area contributed by atoms with E-state index in [1.54, 1.807) is 25.1 Å². The predicted molar refractivity (Wildman–Crippen MR) is 91.4 cm³/mol. The summed E-state index contributed by atoms with van der Waals surface area (Å²) < 4.78 is 0. The lowest BCUT2D eigenvalue weighted by Gasteiger charge is -2.06. The molecule has 118 valence electrons. The highest BCUT2D eigenvalue weighted by atomic mass is 16.6. The molecular weight excluding hydrogens is 292 g/mol. The minimum atomic E-state index is -0.462. The monoisotopic (exact) mass is 310 g/mol. The molecule has 0 saturated heterocycles. The number of carbonyl (C=O) groups excluding carboxylic acids is 1. The third kappa shape index (κ3) is 4.03. The van der Waals surface area contributed by atoms with Crippen LogP contribution in [0.4, 0.5) is 11.4 Å². The molecule has 0 unspecified atom stereocenters. The van der Waals surface area contributed by atoms with E-state index in [-0.39, 0.29) is 11.6 Å². The Labute approximate surface area is 134 Å². The number of nitro groups is 1. The predicted octanol–water partition coefficient (Wildman–Crippen LogP) is 4.17. The number of nitro benzene ring substituents is 1. The van der Waals surface area contributed by atoms with Crippen LogP contribution in [0.3, 0.4) is 0 Å². The standard InChI is InChI=1S/C18H18N2O3/c1-12-7-8-15(13(2)11-12)9-10-18(21)19-16-5-4-6-17(14(16)3)20(22)23/h4-11H,1-3H3,(H,19,21)/b10-9+. The largest absolute Gasteiger partial charge is 0.322 e. The Hall–Kier alpha value is -2.95. The van der Waals surface area contributed by atoms with Gasteiger partial charge in [0.25, 0.3) is 5.69 Å². The van der Waals surface area contributed by atoms with Gasteiger partial charge in [-0.05, 0) is 44.0 Å². The maximum absolute atomic E-state index is 12.0. The number of nitrogens with one attached hydrogen (secondary N) is 1. The number of hydrogen-bond donors (Lipinski definition) is 1. The maximum Gasteiger partial charge on any atom is 0.274 e. The van der Waals surface area contributed by atoms with Gasteiger partial charge in [0.15, 0.2) is 0 Å². The van der Waals surface area contributed by atoms with Crippen LogP contribution in [-0.2, 0) is 4.79 Å². The van der Waals surface area contributed by atoms with Gasteiger partial charge in [-0.2, -0.15) is 0 Å². The van der Waals surface area contributed by atoms with Crippen LogP contribution < -0.4 is 5.32 Å². The van der Waals surface area contributed by atoms with Gasteiger partial charge in [0.2, 0.25) is 5.91 Å². The van der Waals surface area contributed by atoms with E-state index in [1.807, 2.05) is 32.0 Å². The van der Waals surface area contributed by atoms with E-state index in [1.165, 1.54) is 12.1 Å². The van der Waals surface area contributed by atoms with E-state index in [9.17, 15) is 14.9 Å². The van der Waals surface area contributed by atoms with Gasteiger partial charge in [0.05, 0.1) is 16.2 Å². The lowest BCUT2D eigenvalue weighted by atomic mass is 10.1. The summed E-state index contributed by atoms with van der Waals surface area (Å²) in [5.74, 6) is -0.325. The summed E-state index contributed by atoms with van der Waals surface area (Å²) in [6.07, 6.45) is 3.16. The molecule has 0 bridgehead atoms. The molecule has 0 saturated carbocycles. The minimum Gasteiger partial charge on any atom is -0.322 e. The van der Waals surface area contributed by atoms with Crippen molar-refractivity contribution in [3.8, 4) is 0 Å². The highest BCUT2D eigenvalue weighted by Crippen LogP contribution is 2.25. The summed E-state index contributed by atoms with van der Waals surface area (Å²) in [5.41, 5.74) is 4.07. The number of benzene rings is 2. The van der Waals surface area contributed by atoms with Crippen LogP contribution in [0.2, 0.25) is 0 Å². The summed E-state index contributed by atoms with van der Waals surface area (Å²) in [6.45, 7) is 5.61. The van der Waals surface area contributed by atoms with Crippen molar-refractivity contribution in [2.75, 3.05) is 5.32 Å². The van der Waals surface area contributed by atoms with Crippen molar-refractivity contribution in [1.82, 2.24) is 0 Å². The number of carbonyl (C=O) groups is 1. The second-order valence-electron chi connectivity index (χ2n) is 5.39. The summed E-state index contributed by atoms with van der Waals surface area (Å²) >= 11 is 0. The average Bonchev–Trinajstić information content (AvgIpc) is 2.48. The van der Waals surface area contributed by atoms with Crippen molar-refractivity contribution in [2.45, 2.75) is 20.8 Å². The Kier molecular flexibility index (Phi) is 4.91. The molecule has 0 aromatic heterocycles. The zero-order chi connectivity index (χ0) is 17.0. The van der Waals surface area contributed by atoms with E-state index >= 15 is 0 Å². The van der Waals surface area contributed by atoms with Crippen molar-refractivity contribution in [1.29, 1.82) is 0 Å². The third-order valence-corrected chi connectivity index (χ3v) is 3.60. The molecule has 2 aromatic rings. The van der Waals surface area contributed by atoms with Crippen LogP contribution >= 0.6 is 0 Å². The number of hydrogen-bond acceptors (Lipinski definition) is 3. The SMILES string of the molecule is Cc1ccc(/C=C/C(=O)Nc2cccc([N+](=O)[O-])c2C)c(C)c1. The fourth-order valence-electron chi connectivity index (χ4n) is 2.31. The van der Waals surface area contributed by atoms with Crippen LogP contribution in [0.25, 0.3) is 6.08 Å². The van der Waals surface area contributed by atoms with E-state index < -0.39 is 4.92 Å². The first-order chi connectivity index (χ1) is 10.9. The fraction of sp³-hybridized carbons (Fsp3) is 0.167. The van der Waals surface area contributed by atoms with E-state index in [0.29, 0.717) is 11.3 Å². The fourth-order valence-corrected chi connectivity index (χ4v) is 2.31. The quantitative estimate of drug-likeness (QED) is 0.523. The molecule has 1 amide bonds. The first kappa shape index (κ1) is 16.4. The molecule has 2 rings (SSSR count). The zero-order valence-corrected chi connectivity index (χ0v) is 13.3. The van der Waals surface area contributed by atoms with Crippen molar-refractivity contribution in [2.24, 2.45) is 0 Å². The molecule has 0 spiro atoms. The molecule has 0 fully saturated rings. The molecule has 0 aliphatic rings. The Morgan fingerprint density at radius 3 is 2.57 bits per heavy atom. The van der Waals surface area contributed by atoms with Gasteiger partial charge < -0.3 is 5.32 Å². The molecule has 23 heavy (non-hydrogen) atoms. The van der Waals surface area contributed by atoms with Gasteiger partial charge in [-0.3, -0.25) is 14.9 Å². The number of aryl methyl sites for hydroxylation is 2. The summed E-state index contributed by atoms with van der Waals surface area (Å²) in [7, 11) is 0. The zero-order valence-electron chi connectivity index (χ0n) is 13.3. The lowest BCUT2D eigenvalue weighted by molar-refractivity contribution is -0.385. The molecule has 0 atom stereocenters. The molecule has 5 nitrogen and oxygen atoms in total. The van der Waals surface area contributed by atoms with Gasteiger partial charge in [0.1, 0.15) is 0 Å². The smallest absolute Gasteiger partial charge is 0.274 e. The van der Waals surface area contributed by atoms with Crippen LogP contribution in [0.1, 0.15) is 22.3 Å². The van der Waals surface area contributed by atoms with Crippen LogP contribution in [0.15, 0.2) is 42.5 Å². The molecule has 0 aliphatic carbocycles. The van der Waals surface area contributed by atoms with Gasteiger partial charge in [-0.1, -0.05) is 29.8 Å². The van der Waals surface area contributed by atoms with Gasteiger partial charge in [-0.25, -0.2) is 0 Å². The van der Waals surface area contributed by atoms with Crippen molar-refractivity contribution in [3.63, 3.8) is 0 Å². The summed E-state index contributed by atoms with van der Waals surface area (Å²) in [4.78, 5) is 22.5. The highest BCUT2D eigenvalue weighted by Gasteiger charge is 2.13. The topological polar surface area (TPSA) is 72.2 Å². The van der Waals surface area contributed by atoms with Crippen molar-refractivity contribution < 1.29 is 9.72 Å². The summed E-state index contributed by atoms with van der Waals surface area (Å²) in [5, 5.41) is 13.6. The highest BCUT2D eigenvalue weighted by molar-refractivity contribution is 6.02. The van der Waals surface area contributed by atoms with E-state index in [4.69, 9.17) is 0 Å². The third-order valence-electron chi connectivity index (χ3n) is 3.60. The normalized spacial score (nSPS) is 10.7. The second kappa shape index (κ2) is 6.87. The maximum atomic E-state index is 12.0. The van der Waals surface area contributed by atoms with Gasteiger partial charge >= 0.3 is 0 Å². The molecular formula is C18H18N2O3. The number of nitrogens with zero attached hydrogens (tertiary/aromatic N) is 1. The molecule has 2 aromatic carbocycles. The average molecular weight is 310 g/mol. The van der Waals surface area contributed by atoms with Gasteiger partial charge in [-0.15, -0.1) is 0 Å². The Bertz CT molecular complexity index is 795. The van der Waals surface area contributed by atoms with E-state index in [2.05, 4.69) is 5.32 Å². The van der Waals surface area contributed by atoms with E-state index in [0.717, 1.165) is 16.7 Å². The number of rotatable bonds is 4. The number of amides is 1. The Balaban J connectivity index is 2.15. The lowest BCUT2D eigenvalue weighted by Crippen LogP contribution is -2.09. The molecule has 1 N–H and O–H groups in total. The summed E-state index contributed by atoms with van der Waals surface area (Å²) in [6, 6.07) is 10.6. The molecule has 5 heteroatoms. The first-order valence-electron chi connectivity index (χ1n) is 7.19. The van der Waals surface area contributed by atoms with Crippen molar-refractivity contribution in [3.05, 3.63) is 74.8 Å². The van der Waals surface area contributed by atoms with Crippen LogP contribution in [-0.4, -0.2) is 10.8 Å². The van der Waals surface area contributed by atoms with Gasteiger partial charge in [0, 0.05) is 12.1 Å². The molecule has 0 radical (unpaired) electrons. The Morgan fingerprint density at radius 2 is 1.91 bits per heavy atom. The first-order valence-corrected chi connectivity index (χ1v) is 7.19. The van der Waals surface area contributed by atoms with Crippen LogP contribution in [0.5, 0.6) is 0 Å². The van der Waals surface area contributed by atoms with Crippen LogP contribution in [0, 0.1) is 30.9 Å². The molecule has 0 heterocycles. The minimum absolute atomic E-state index is 0.0128. The number of anilines is 1. The Morgan fingerprint density at radius 1 is 1.17 bits per heavy atom. The van der Waals surface area contributed by atoms with Crippen molar-refractivity contribution >= 4 is 23.4 Å². The second-order valence-corrected chi connectivity index (χ2v) is 5.39.